The maximum absolute atomic E-state index is 11.1. The van der Waals surface area contributed by atoms with E-state index in [1.807, 2.05) is 23.6 Å². The fourth-order valence-corrected chi connectivity index (χ4v) is 5.47. The first kappa shape index (κ1) is 25.3. The summed E-state index contributed by atoms with van der Waals surface area (Å²) in [6, 6.07) is 8.89. The van der Waals surface area contributed by atoms with Crippen LogP contribution >= 0.6 is 34.5 Å². The molecule has 1 saturated heterocycles. The first-order valence-corrected chi connectivity index (χ1v) is 13.1. The van der Waals surface area contributed by atoms with Gasteiger partial charge in [-0.15, -0.1) is 11.3 Å². The molecule has 5 rings (SSSR count). The van der Waals surface area contributed by atoms with Crippen molar-refractivity contribution in [2.75, 3.05) is 25.5 Å². The second-order valence-electron chi connectivity index (χ2n) is 8.51. The molecular weight excluding hydrogens is 537 g/mol. The molecule has 0 saturated carbocycles. The summed E-state index contributed by atoms with van der Waals surface area (Å²) in [4.78, 5) is 26.1. The quantitative estimate of drug-likeness (QED) is 0.261. The third-order valence-corrected chi connectivity index (χ3v) is 7.96. The van der Waals surface area contributed by atoms with Gasteiger partial charge in [-0.3, -0.25) is 0 Å². The highest BCUT2D eigenvalue weighted by Gasteiger charge is 2.25. The summed E-state index contributed by atoms with van der Waals surface area (Å²) in [5.74, 6) is 1.93. The number of hydrogen-bond donors (Lipinski definition) is 2. The summed E-state index contributed by atoms with van der Waals surface area (Å²) in [5, 5.41) is 17.1. The zero-order chi connectivity index (χ0) is 25.9. The molecule has 1 amide bonds. The molecule has 0 spiro atoms. The molecule has 4 aromatic rings. The van der Waals surface area contributed by atoms with E-state index >= 15 is 0 Å². The lowest BCUT2D eigenvalue weighted by Gasteiger charge is -2.28. The lowest BCUT2D eigenvalue weighted by atomic mass is 9.98. The monoisotopic (exact) mass is 559 g/mol. The molecule has 0 unspecified atom stereocenters. The summed E-state index contributed by atoms with van der Waals surface area (Å²) >= 11 is 13.8. The minimum atomic E-state index is -0.862. The van der Waals surface area contributed by atoms with Gasteiger partial charge in [0.1, 0.15) is 18.8 Å². The Balaban J connectivity index is 1.30. The first-order valence-electron chi connectivity index (χ1n) is 11.5. The molecule has 0 bridgehead atoms. The molecule has 0 aliphatic carbocycles. The Labute approximate surface area is 227 Å². The molecule has 3 heterocycles. The molecule has 0 atom stereocenters. The van der Waals surface area contributed by atoms with Crippen LogP contribution in [0.2, 0.25) is 10.0 Å². The van der Waals surface area contributed by atoms with Crippen LogP contribution in [-0.2, 0) is 6.61 Å². The number of hydrogen-bond acceptors (Lipinski definition) is 8. The summed E-state index contributed by atoms with van der Waals surface area (Å²) in [7, 11) is 1.58. The van der Waals surface area contributed by atoms with Gasteiger partial charge in [-0.25, -0.2) is 19.7 Å². The molecule has 9 nitrogen and oxygen atoms in total. The number of methoxy groups -OCH3 is 1. The molecule has 1 fully saturated rings. The Kier molecular flexibility index (Phi) is 7.50. The van der Waals surface area contributed by atoms with Crippen LogP contribution in [0.5, 0.6) is 11.5 Å². The van der Waals surface area contributed by atoms with E-state index in [1.54, 1.807) is 30.6 Å². The zero-order valence-electron chi connectivity index (χ0n) is 19.8. The average Bonchev–Trinajstić information content (AvgIpc) is 3.38. The standard InChI is InChI=1S/C25H23Cl2N5O4S/c1-35-21-9-17-20(28-13-29-23(17)30-15-2-3-18(26)19(27)8-15)10-22(21)36-11-16-12-37-24(31-16)14-4-6-32(7-5-14)25(33)34/h2-3,8-10,12-14H,4-7,11H2,1H3,(H,33,34)(H,28,29,30). The molecule has 2 aromatic heterocycles. The van der Waals surface area contributed by atoms with E-state index in [9.17, 15) is 4.79 Å². The molecule has 1 aliphatic heterocycles. The Hall–Kier alpha value is -3.34. The third-order valence-electron chi connectivity index (χ3n) is 6.16. The van der Waals surface area contributed by atoms with Crippen LogP contribution in [0, 0.1) is 0 Å². The fraction of sp³-hybridized carbons (Fsp3) is 0.280. The van der Waals surface area contributed by atoms with Crippen molar-refractivity contribution in [2.45, 2.75) is 25.4 Å². The second-order valence-corrected chi connectivity index (χ2v) is 10.2. The predicted octanol–water partition coefficient (Wildman–Crippen LogP) is 6.58. The summed E-state index contributed by atoms with van der Waals surface area (Å²) in [6.45, 7) is 1.33. The van der Waals surface area contributed by atoms with Gasteiger partial charge in [0, 0.05) is 41.5 Å². The normalized spacial score (nSPS) is 14.1. The predicted molar refractivity (Wildman–Crippen MR) is 144 cm³/mol. The molecule has 2 N–H and O–H groups in total. The number of piperidine rings is 1. The van der Waals surface area contributed by atoms with Crippen molar-refractivity contribution in [1.82, 2.24) is 19.9 Å². The van der Waals surface area contributed by atoms with Crippen molar-refractivity contribution in [1.29, 1.82) is 0 Å². The largest absolute Gasteiger partial charge is 0.493 e. The van der Waals surface area contributed by atoms with Crippen molar-refractivity contribution in [3.8, 4) is 11.5 Å². The van der Waals surface area contributed by atoms with Crippen molar-refractivity contribution in [3.05, 3.63) is 62.8 Å². The van der Waals surface area contributed by atoms with Gasteiger partial charge in [-0.05, 0) is 37.1 Å². The number of carbonyl (C=O) groups is 1. The van der Waals surface area contributed by atoms with Gasteiger partial charge in [-0.1, -0.05) is 23.2 Å². The maximum atomic E-state index is 11.1. The minimum absolute atomic E-state index is 0.266. The number of halogens is 2. The third kappa shape index (κ3) is 5.66. The Morgan fingerprint density at radius 1 is 1.16 bits per heavy atom. The number of carboxylic acid groups (broad SMARTS) is 1. The fourth-order valence-electron chi connectivity index (χ4n) is 4.19. The molecule has 1 aliphatic rings. The highest BCUT2D eigenvalue weighted by atomic mass is 35.5. The molecule has 37 heavy (non-hydrogen) atoms. The van der Waals surface area contributed by atoms with E-state index in [0.717, 1.165) is 34.6 Å². The van der Waals surface area contributed by atoms with E-state index in [-0.39, 0.29) is 12.5 Å². The van der Waals surface area contributed by atoms with Crippen LogP contribution in [0.25, 0.3) is 10.9 Å². The van der Waals surface area contributed by atoms with Crippen molar-refractivity contribution in [3.63, 3.8) is 0 Å². The number of benzene rings is 2. The van der Waals surface area contributed by atoms with E-state index in [1.165, 1.54) is 11.2 Å². The van der Waals surface area contributed by atoms with E-state index < -0.39 is 6.09 Å². The highest BCUT2D eigenvalue weighted by molar-refractivity contribution is 7.09. The summed E-state index contributed by atoms with van der Waals surface area (Å²) < 4.78 is 11.7. The highest BCUT2D eigenvalue weighted by Crippen LogP contribution is 2.36. The van der Waals surface area contributed by atoms with Gasteiger partial charge < -0.3 is 24.8 Å². The second kappa shape index (κ2) is 11.0. The number of fused-ring (bicyclic) bond motifs is 1. The van der Waals surface area contributed by atoms with Crippen LogP contribution in [0.4, 0.5) is 16.3 Å². The molecule has 2 aromatic carbocycles. The zero-order valence-corrected chi connectivity index (χ0v) is 22.1. The number of ether oxygens (including phenoxy) is 2. The number of thiazole rings is 1. The van der Waals surface area contributed by atoms with Gasteiger partial charge in [0.15, 0.2) is 11.5 Å². The Bertz CT molecular complexity index is 1440. The number of likely N-dealkylation sites (tertiary alicyclic amines) is 1. The molecule has 192 valence electrons. The SMILES string of the molecule is COc1cc2c(Nc3ccc(Cl)c(Cl)c3)ncnc2cc1OCc1csc(C2CCN(C(=O)O)CC2)n1. The number of nitrogens with one attached hydrogen (secondary N) is 1. The topological polar surface area (TPSA) is 110 Å². The van der Waals surface area contributed by atoms with Gasteiger partial charge in [-0.2, -0.15) is 0 Å². The van der Waals surface area contributed by atoms with Crippen LogP contribution < -0.4 is 14.8 Å². The van der Waals surface area contributed by atoms with E-state index in [0.29, 0.717) is 46.0 Å². The number of nitrogens with zero attached hydrogens (tertiary/aromatic N) is 4. The van der Waals surface area contributed by atoms with Gasteiger partial charge in [0.2, 0.25) is 0 Å². The van der Waals surface area contributed by atoms with E-state index in [4.69, 9.17) is 42.8 Å². The molecule has 12 heteroatoms. The Morgan fingerprint density at radius 2 is 1.97 bits per heavy atom. The summed E-state index contributed by atoms with van der Waals surface area (Å²) in [6.07, 6.45) is 2.16. The van der Waals surface area contributed by atoms with Crippen LogP contribution in [0.1, 0.15) is 29.5 Å². The van der Waals surface area contributed by atoms with Gasteiger partial charge in [0.25, 0.3) is 0 Å². The summed E-state index contributed by atoms with van der Waals surface area (Å²) in [5.41, 5.74) is 2.23. The van der Waals surface area contributed by atoms with Crippen molar-refractivity contribution < 1.29 is 19.4 Å². The maximum Gasteiger partial charge on any atom is 0.407 e. The average molecular weight is 560 g/mol. The molecule has 0 radical (unpaired) electrons. The van der Waals surface area contributed by atoms with Gasteiger partial charge >= 0.3 is 6.09 Å². The van der Waals surface area contributed by atoms with Crippen LogP contribution in [0.3, 0.4) is 0 Å². The smallest absolute Gasteiger partial charge is 0.407 e. The minimum Gasteiger partial charge on any atom is -0.493 e. The first-order chi connectivity index (χ1) is 17.9. The van der Waals surface area contributed by atoms with Crippen LogP contribution in [0.15, 0.2) is 42.0 Å². The number of anilines is 2. The number of amides is 1. The van der Waals surface area contributed by atoms with Crippen LogP contribution in [-0.4, -0.2) is 51.3 Å². The van der Waals surface area contributed by atoms with Gasteiger partial charge in [0.05, 0.1) is 33.4 Å². The Morgan fingerprint density at radius 3 is 2.70 bits per heavy atom. The number of rotatable bonds is 7. The molecular formula is C25H23Cl2N5O4S. The number of aromatic nitrogens is 3. The lowest BCUT2D eigenvalue weighted by molar-refractivity contribution is 0.132. The lowest BCUT2D eigenvalue weighted by Crippen LogP contribution is -2.36. The van der Waals surface area contributed by atoms with E-state index in [2.05, 4.69) is 15.3 Å². The van der Waals surface area contributed by atoms with Crippen molar-refractivity contribution in [2.24, 2.45) is 0 Å². The van der Waals surface area contributed by atoms with Crippen molar-refractivity contribution >= 4 is 63.0 Å².